The molecule has 0 aromatic rings. The summed E-state index contributed by atoms with van der Waals surface area (Å²) in [6.45, 7) is 6.30. The first-order valence-electron chi connectivity index (χ1n) is 3.59. The molecule has 1 aliphatic heterocycles. The zero-order valence-corrected chi connectivity index (χ0v) is 6.67. The van der Waals surface area contributed by atoms with E-state index >= 15 is 0 Å². The van der Waals surface area contributed by atoms with E-state index in [1.54, 1.807) is 6.08 Å². The molecule has 0 aromatic heterocycles. The molecule has 0 spiro atoms. The Kier molecular flexibility index (Phi) is 2.66. The van der Waals surface area contributed by atoms with Crippen LogP contribution in [0.4, 0.5) is 0 Å². The van der Waals surface area contributed by atoms with Gasteiger partial charge in [-0.2, -0.15) is 0 Å². The summed E-state index contributed by atoms with van der Waals surface area (Å²) in [5, 5.41) is 3.14. The van der Waals surface area contributed by atoms with Gasteiger partial charge in [-0.3, -0.25) is 4.99 Å². The third kappa shape index (κ3) is 2.42. The normalized spacial score (nSPS) is 20.5. The Hall–Kier alpha value is -1.31. The molecule has 0 aromatic carbocycles. The van der Waals surface area contributed by atoms with Crippen LogP contribution < -0.4 is 5.32 Å². The minimum atomic E-state index is 0.771. The van der Waals surface area contributed by atoms with Gasteiger partial charge < -0.3 is 5.32 Å². The van der Waals surface area contributed by atoms with Crippen LogP contribution in [0.15, 0.2) is 41.6 Å². The molecular formula is C9H12N2. The highest BCUT2D eigenvalue weighted by Crippen LogP contribution is 1.99. The van der Waals surface area contributed by atoms with Gasteiger partial charge in [-0.1, -0.05) is 24.8 Å². The first-order valence-corrected chi connectivity index (χ1v) is 3.59. The lowest BCUT2D eigenvalue weighted by atomic mass is 10.3. The van der Waals surface area contributed by atoms with Crippen LogP contribution in [0.25, 0.3) is 0 Å². The average molecular weight is 148 g/mol. The van der Waals surface area contributed by atoms with Crippen molar-refractivity contribution in [1.29, 1.82) is 0 Å². The summed E-state index contributed by atoms with van der Waals surface area (Å²) in [6.07, 6.45) is 7.59. The van der Waals surface area contributed by atoms with E-state index in [-0.39, 0.29) is 0 Å². The fraction of sp³-hybridized carbons (Fsp3) is 0.222. The number of nitrogens with one attached hydrogen (secondary N) is 1. The Morgan fingerprint density at radius 3 is 2.91 bits per heavy atom. The summed E-state index contributed by atoms with van der Waals surface area (Å²) in [6, 6.07) is 0. The lowest BCUT2D eigenvalue weighted by Gasteiger charge is -1.94. The van der Waals surface area contributed by atoms with Gasteiger partial charge in [0.05, 0.1) is 12.4 Å². The van der Waals surface area contributed by atoms with E-state index in [0.29, 0.717) is 0 Å². The van der Waals surface area contributed by atoms with E-state index < -0.39 is 0 Å². The Morgan fingerprint density at radius 2 is 2.36 bits per heavy atom. The zero-order valence-electron chi connectivity index (χ0n) is 6.67. The first kappa shape index (κ1) is 7.79. The molecule has 0 atom stereocenters. The van der Waals surface area contributed by atoms with Crippen LogP contribution in [-0.2, 0) is 0 Å². The molecule has 0 radical (unpaired) electrons. The van der Waals surface area contributed by atoms with Crippen LogP contribution >= 0.6 is 0 Å². The molecule has 1 heterocycles. The van der Waals surface area contributed by atoms with E-state index in [2.05, 4.69) is 16.9 Å². The van der Waals surface area contributed by atoms with Crippen LogP contribution in [0.2, 0.25) is 0 Å². The van der Waals surface area contributed by atoms with E-state index in [1.807, 2.05) is 25.2 Å². The lowest BCUT2D eigenvalue weighted by Crippen LogP contribution is -2.12. The van der Waals surface area contributed by atoms with E-state index in [0.717, 1.165) is 18.1 Å². The van der Waals surface area contributed by atoms with Crippen molar-refractivity contribution in [2.75, 3.05) is 6.54 Å². The van der Waals surface area contributed by atoms with Crippen molar-refractivity contribution in [1.82, 2.24) is 5.32 Å². The molecule has 0 fully saturated rings. The number of rotatable bonds is 2. The monoisotopic (exact) mass is 148 g/mol. The molecule has 1 aliphatic rings. The minimum Gasteiger partial charge on any atom is -0.346 e. The maximum Gasteiger partial charge on any atom is 0.0978 e. The highest BCUT2D eigenvalue weighted by Gasteiger charge is 2.02. The Bertz CT molecular complexity index is 234. The SMILES string of the molecule is C=C/C=C\C=C1/CN=C(C)N1. The Morgan fingerprint density at radius 1 is 1.55 bits per heavy atom. The largest absolute Gasteiger partial charge is 0.346 e. The van der Waals surface area contributed by atoms with Crippen molar-refractivity contribution in [3.05, 3.63) is 36.6 Å². The van der Waals surface area contributed by atoms with Crippen molar-refractivity contribution in [2.24, 2.45) is 4.99 Å². The Labute approximate surface area is 67.0 Å². The third-order valence-electron chi connectivity index (χ3n) is 1.37. The highest BCUT2D eigenvalue weighted by molar-refractivity contribution is 5.83. The second-order valence-electron chi connectivity index (χ2n) is 2.34. The number of amidine groups is 1. The van der Waals surface area contributed by atoms with Gasteiger partial charge in [-0.05, 0) is 13.0 Å². The fourth-order valence-electron chi connectivity index (χ4n) is 0.860. The second-order valence-corrected chi connectivity index (χ2v) is 2.34. The van der Waals surface area contributed by atoms with Gasteiger partial charge in [0.1, 0.15) is 0 Å². The standard InChI is InChI=1S/C9H12N2/c1-3-4-5-6-9-7-10-8(2)11-9/h3-6H,1,7H2,2H3,(H,10,11)/b5-4-,9-6+. The first-order chi connectivity index (χ1) is 5.33. The minimum absolute atomic E-state index is 0.771. The van der Waals surface area contributed by atoms with Gasteiger partial charge in [-0.15, -0.1) is 0 Å². The van der Waals surface area contributed by atoms with Gasteiger partial charge in [0.25, 0.3) is 0 Å². The van der Waals surface area contributed by atoms with Gasteiger partial charge in [0.2, 0.25) is 0 Å². The summed E-state index contributed by atoms with van der Waals surface area (Å²) in [7, 11) is 0. The van der Waals surface area contributed by atoms with Gasteiger partial charge in [0, 0.05) is 5.70 Å². The molecule has 2 heteroatoms. The molecule has 1 rings (SSSR count). The Balaban J connectivity index is 2.45. The number of aliphatic imine (C=N–C) groups is 1. The highest BCUT2D eigenvalue weighted by atomic mass is 15.1. The fourth-order valence-corrected chi connectivity index (χ4v) is 0.860. The number of nitrogens with zero attached hydrogens (tertiary/aromatic N) is 1. The van der Waals surface area contributed by atoms with Crippen LogP contribution in [0.1, 0.15) is 6.92 Å². The van der Waals surface area contributed by atoms with Crippen molar-refractivity contribution in [2.45, 2.75) is 6.92 Å². The van der Waals surface area contributed by atoms with E-state index in [9.17, 15) is 0 Å². The van der Waals surface area contributed by atoms with Gasteiger partial charge >= 0.3 is 0 Å². The van der Waals surface area contributed by atoms with Crippen molar-refractivity contribution < 1.29 is 0 Å². The van der Waals surface area contributed by atoms with Crippen LogP contribution in [-0.4, -0.2) is 12.4 Å². The predicted molar refractivity (Wildman–Crippen MR) is 48.5 cm³/mol. The molecule has 0 saturated carbocycles. The third-order valence-corrected chi connectivity index (χ3v) is 1.37. The number of hydrogen-bond donors (Lipinski definition) is 1. The van der Waals surface area contributed by atoms with Gasteiger partial charge in [0.15, 0.2) is 0 Å². The number of allylic oxidation sites excluding steroid dienone is 4. The molecule has 0 amide bonds. The lowest BCUT2D eigenvalue weighted by molar-refractivity contribution is 1.11. The molecule has 0 bridgehead atoms. The van der Waals surface area contributed by atoms with Crippen molar-refractivity contribution in [3.63, 3.8) is 0 Å². The van der Waals surface area contributed by atoms with E-state index in [1.165, 1.54) is 0 Å². The molecule has 0 aliphatic carbocycles. The molecule has 2 nitrogen and oxygen atoms in total. The van der Waals surface area contributed by atoms with Crippen LogP contribution in [0.5, 0.6) is 0 Å². The zero-order chi connectivity index (χ0) is 8.10. The molecule has 58 valence electrons. The maximum absolute atomic E-state index is 4.17. The molecular weight excluding hydrogens is 136 g/mol. The molecule has 1 N–H and O–H groups in total. The van der Waals surface area contributed by atoms with Gasteiger partial charge in [-0.25, -0.2) is 0 Å². The number of hydrogen-bond acceptors (Lipinski definition) is 2. The summed E-state index contributed by atoms with van der Waals surface area (Å²) >= 11 is 0. The molecule has 11 heavy (non-hydrogen) atoms. The molecule has 0 saturated heterocycles. The topological polar surface area (TPSA) is 24.4 Å². The van der Waals surface area contributed by atoms with Crippen LogP contribution in [0, 0.1) is 0 Å². The quantitative estimate of drug-likeness (QED) is 0.591. The summed E-state index contributed by atoms with van der Waals surface area (Å²) in [5.74, 6) is 0.989. The second kappa shape index (κ2) is 3.76. The summed E-state index contributed by atoms with van der Waals surface area (Å²) < 4.78 is 0. The summed E-state index contributed by atoms with van der Waals surface area (Å²) in [4.78, 5) is 4.17. The maximum atomic E-state index is 4.17. The summed E-state index contributed by atoms with van der Waals surface area (Å²) in [5.41, 5.74) is 1.14. The van der Waals surface area contributed by atoms with Crippen molar-refractivity contribution >= 4 is 5.84 Å². The van der Waals surface area contributed by atoms with Crippen LogP contribution in [0.3, 0.4) is 0 Å². The van der Waals surface area contributed by atoms with E-state index in [4.69, 9.17) is 0 Å². The average Bonchev–Trinajstić information content (AvgIpc) is 2.37. The molecule has 0 unspecified atom stereocenters. The van der Waals surface area contributed by atoms with Crippen molar-refractivity contribution in [3.8, 4) is 0 Å². The predicted octanol–water partition coefficient (Wildman–Crippen LogP) is 1.63. The smallest absolute Gasteiger partial charge is 0.0978 e.